The molecule has 0 bridgehead atoms. The van der Waals surface area contributed by atoms with E-state index in [2.05, 4.69) is 39.2 Å². The van der Waals surface area contributed by atoms with Crippen LogP contribution in [0.3, 0.4) is 0 Å². The number of nitrogens with one attached hydrogen (secondary N) is 1. The molecule has 1 aromatic carbocycles. The topological polar surface area (TPSA) is 57.7 Å². The maximum atomic E-state index is 12.3. The molecule has 2 heterocycles. The summed E-state index contributed by atoms with van der Waals surface area (Å²) in [6.45, 7) is 4.70. The van der Waals surface area contributed by atoms with E-state index < -0.39 is 0 Å². The summed E-state index contributed by atoms with van der Waals surface area (Å²) in [5, 5.41) is 2.97. The van der Waals surface area contributed by atoms with E-state index in [-0.39, 0.29) is 5.91 Å². The maximum Gasteiger partial charge on any atom is 0.254 e. The molecule has 1 N–H and O–H groups in total. The number of amides is 1. The zero-order valence-corrected chi connectivity index (χ0v) is 15.9. The molecule has 1 aliphatic rings. The van der Waals surface area contributed by atoms with Crippen molar-refractivity contribution >= 4 is 17.3 Å². The molecule has 0 radical (unpaired) electrons. The van der Waals surface area contributed by atoms with Crippen molar-refractivity contribution < 1.29 is 9.53 Å². The van der Waals surface area contributed by atoms with Crippen molar-refractivity contribution in [3.05, 3.63) is 54.4 Å². The van der Waals surface area contributed by atoms with Crippen LogP contribution < -0.4 is 15.1 Å². The molecule has 0 atom stereocenters. The number of rotatable bonds is 10. The smallest absolute Gasteiger partial charge is 0.254 e. The minimum atomic E-state index is -0.119. The quantitative estimate of drug-likeness (QED) is 0.649. The van der Waals surface area contributed by atoms with Crippen LogP contribution in [0, 0.1) is 0 Å². The number of hydrogen-bond acceptors (Lipinski definition) is 5. The van der Waals surface area contributed by atoms with Gasteiger partial charge >= 0.3 is 0 Å². The molecule has 1 amide bonds. The number of aromatic nitrogens is 1. The Kier molecular flexibility index (Phi) is 7.04. The number of fused-ring (bicyclic) bond motifs is 1. The van der Waals surface area contributed by atoms with Crippen molar-refractivity contribution in [1.29, 1.82) is 0 Å². The van der Waals surface area contributed by atoms with Gasteiger partial charge in [-0.15, -0.1) is 0 Å². The minimum Gasteiger partial charge on any atom is -0.361 e. The van der Waals surface area contributed by atoms with Crippen molar-refractivity contribution in [1.82, 2.24) is 10.3 Å². The predicted octanol–water partition coefficient (Wildman–Crippen LogP) is 3.61. The molecule has 1 aliphatic heterocycles. The number of nitrogens with zero attached hydrogens (tertiary/aromatic N) is 3. The fraction of sp³-hybridized carbons (Fsp3) is 0.429. The van der Waals surface area contributed by atoms with Gasteiger partial charge in [0.1, 0.15) is 6.73 Å². The highest BCUT2D eigenvalue weighted by Gasteiger charge is 2.25. The van der Waals surface area contributed by atoms with Crippen molar-refractivity contribution in [3.8, 4) is 0 Å². The molecule has 0 unspecified atom stereocenters. The summed E-state index contributed by atoms with van der Waals surface area (Å²) >= 11 is 0. The van der Waals surface area contributed by atoms with Crippen LogP contribution in [0.2, 0.25) is 0 Å². The lowest BCUT2D eigenvalue weighted by Crippen LogP contribution is -2.40. The molecular formula is C21H28N4O2. The monoisotopic (exact) mass is 368 g/mol. The van der Waals surface area contributed by atoms with Gasteiger partial charge in [-0.3, -0.25) is 9.78 Å². The van der Waals surface area contributed by atoms with Gasteiger partial charge in [-0.2, -0.15) is 0 Å². The zero-order chi connectivity index (χ0) is 18.9. The lowest BCUT2D eigenvalue weighted by molar-refractivity contribution is 0.0953. The molecule has 144 valence electrons. The summed E-state index contributed by atoms with van der Waals surface area (Å²) in [6, 6.07) is 11.7. The van der Waals surface area contributed by atoms with E-state index in [0.29, 0.717) is 25.6 Å². The van der Waals surface area contributed by atoms with Gasteiger partial charge in [0.15, 0.2) is 0 Å². The third-order valence-electron chi connectivity index (χ3n) is 4.65. The number of pyridine rings is 1. The number of benzene rings is 1. The molecule has 0 saturated carbocycles. The third kappa shape index (κ3) is 5.20. The third-order valence-corrected chi connectivity index (χ3v) is 4.65. The average molecular weight is 368 g/mol. The average Bonchev–Trinajstić information content (AvgIpc) is 3.07. The van der Waals surface area contributed by atoms with E-state index in [1.165, 1.54) is 19.3 Å². The Labute approximate surface area is 161 Å². The SMILES string of the molecule is CCCCCCOCN1CN(CNC(=O)c2cccnc2)c2ccccc21. The first-order valence-corrected chi connectivity index (χ1v) is 9.64. The van der Waals surface area contributed by atoms with Crippen molar-refractivity contribution in [2.75, 3.05) is 36.5 Å². The second kappa shape index (κ2) is 9.92. The van der Waals surface area contributed by atoms with Crippen LogP contribution in [0.15, 0.2) is 48.8 Å². The number of para-hydroxylation sites is 2. The standard InChI is InChI=1S/C21H28N4O2/c1-2-3-4-7-13-27-17-25-16-24(19-10-5-6-11-20(19)25)15-23-21(26)18-9-8-12-22-14-18/h5-6,8-12,14H,2-4,7,13,15-17H2,1H3,(H,23,26). The summed E-state index contributed by atoms with van der Waals surface area (Å²) < 4.78 is 5.87. The Morgan fingerprint density at radius 1 is 1.11 bits per heavy atom. The summed E-state index contributed by atoms with van der Waals surface area (Å²) in [7, 11) is 0. The van der Waals surface area contributed by atoms with Crippen LogP contribution >= 0.6 is 0 Å². The second-order valence-electron chi connectivity index (χ2n) is 6.71. The van der Waals surface area contributed by atoms with Crippen LogP contribution in [0.5, 0.6) is 0 Å². The maximum absolute atomic E-state index is 12.3. The van der Waals surface area contributed by atoms with Gasteiger partial charge in [-0.1, -0.05) is 38.3 Å². The van der Waals surface area contributed by atoms with Gasteiger partial charge in [0.05, 0.1) is 30.3 Å². The van der Waals surface area contributed by atoms with Crippen LogP contribution in [0.4, 0.5) is 11.4 Å². The lowest BCUT2D eigenvalue weighted by Gasteiger charge is -2.22. The summed E-state index contributed by atoms with van der Waals surface area (Å²) in [6.07, 6.45) is 8.06. The highest BCUT2D eigenvalue weighted by Crippen LogP contribution is 2.34. The fourth-order valence-corrected chi connectivity index (χ4v) is 3.17. The largest absolute Gasteiger partial charge is 0.361 e. The molecule has 0 spiro atoms. The molecule has 1 aromatic heterocycles. The Morgan fingerprint density at radius 2 is 1.93 bits per heavy atom. The fourth-order valence-electron chi connectivity index (χ4n) is 3.17. The van der Waals surface area contributed by atoms with Crippen LogP contribution in [0.25, 0.3) is 0 Å². The highest BCUT2D eigenvalue weighted by molar-refractivity contribution is 5.94. The Bertz CT molecular complexity index is 723. The summed E-state index contributed by atoms with van der Waals surface area (Å²) in [5.74, 6) is -0.119. The predicted molar refractivity (Wildman–Crippen MR) is 108 cm³/mol. The Balaban J connectivity index is 1.52. The second-order valence-corrected chi connectivity index (χ2v) is 6.71. The first kappa shape index (κ1) is 19.2. The molecule has 6 heteroatoms. The molecule has 27 heavy (non-hydrogen) atoms. The molecule has 6 nitrogen and oxygen atoms in total. The first-order chi connectivity index (χ1) is 13.3. The van der Waals surface area contributed by atoms with Gasteiger partial charge in [0.25, 0.3) is 5.91 Å². The Hall–Kier alpha value is -2.60. The van der Waals surface area contributed by atoms with Gasteiger partial charge in [-0.25, -0.2) is 0 Å². The minimum absolute atomic E-state index is 0.119. The van der Waals surface area contributed by atoms with E-state index in [9.17, 15) is 4.79 Å². The van der Waals surface area contributed by atoms with Gasteiger partial charge in [0, 0.05) is 19.0 Å². The van der Waals surface area contributed by atoms with E-state index in [4.69, 9.17) is 4.74 Å². The molecule has 3 rings (SSSR count). The van der Waals surface area contributed by atoms with E-state index in [0.717, 1.165) is 24.4 Å². The number of unbranched alkanes of at least 4 members (excludes halogenated alkanes) is 3. The van der Waals surface area contributed by atoms with Gasteiger partial charge < -0.3 is 19.9 Å². The van der Waals surface area contributed by atoms with Gasteiger partial charge in [0.2, 0.25) is 0 Å². The van der Waals surface area contributed by atoms with E-state index in [1.54, 1.807) is 24.5 Å². The number of ether oxygens (including phenoxy) is 1. The van der Waals surface area contributed by atoms with Crippen molar-refractivity contribution in [2.45, 2.75) is 32.6 Å². The van der Waals surface area contributed by atoms with Crippen LogP contribution in [-0.4, -0.2) is 37.6 Å². The van der Waals surface area contributed by atoms with E-state index in [1.807, 2.05) is 12.1 Å². The van der Waals surface area contributed by atoms with Gasteiger partial charge in [-0.05, 0) is 30.7 Å². The molecule has 2 aromatic rings. The normalized spacial score (nSPS) is 12.9. The summed E-state index contributed by atoms with van der Waals surface area (Å²) in [4.78, 5) is 20.6. The molecular weight excluding hydrogens is 340 g/mol. The van der Waals surface area contributed by atoms with Crippen LogP contribution in [0.1, 0.15) is 43.0 Å². The lowest BCUT2D eigenvalue weighted by atomic mass is 10.2. The number of hydrogen-bond donors (Lipinski definition) is 1. The number of anilines is 2. The Morgan fingerprint density at radius 3 is 2.67 bits per heavy atom. The molecule has 0 fully saturated rings. The zero-order valence-electron chi connectivity index (χ0n) is 15.9. The molecule has 0 aliphatic carbocycles. The highest BCUT2D eigenvalue weighted by atomic mass is 16.5. The molecule has 0 saturated heterocycles. The summed E-state index contributed by atoms with van der Waals surface area (Å²) in [5.41, 5.74) is 2.82. The first-order valence-electron chi connectivity index (χ1n) is 9.64. The van der Waals surface area contributed by atoms with Crippen molar-refractivity contribution in [3.63, 3.8) is 0 Å². The number of carbonyl (C=O) groups excluding carboxylic acids is 1. The van der Waals surface area contributed by atoms with Crippen LogP contribution in [-0.2, 0) is 4.74 Å². The van der Waals surface area contributed by atoms with Crippen molar-refractivity contribution in [2.24, 2.45) is 0 Å². The van der Waals surface area contributed by atoms with E-state index >= 15 is 0 Å². The number of carbonyl (C=O) groups is 1.